The molecule has 3 heteroatoms. The van der Waals surface area contributed by atoms with Gasteiger partial charge < -0.3 is 16.2 Å². The van der Waals surface area contributed by atoms with Gasteiger partial charge in [-0.2, -0.15) is 0 Å². The van der Waals surface area contributed by atoms with Gasteiger partial charge in [0.1, 0.15) is 0 Å². The van der Waals surface area contributed by atoms with Crippen molar-refractivity contribution < 1.29 is 4.74 Å². The van der Waals surface area contributed by atoms with E-state index in [4.69, 9.17) is 16.2 Å². The Balaban J connectivity index is 4.15. The first kappa shape index (κ1) is 11.0. The van der Waals surface area contributed by atoms with Crippen LogP contribution in [-0.4, -0.2) is 12.7 Å². The molecule has 0 aliphatic heterocycles. The highest BCUT2D eigenvalue weighted by atomic mass is 16.5. The maximum absolute atomic E-state index is 5.44. The van der Waals surface area contributed by atoms with E-state index in [1.807, 2.05) is 13.8 Å². The van der Waals surface area contributed by atoms with E-state index in [-0.39, 0.29) is 6.10 Å². The highest BCUT2D eigenvalue weighted by Gasteiger charge is 2.09. The zero-order chi connectivity index (χ0) is 9.56. The zero-order valence-electron chi connectivity index (χ0n) is 7.84. The average molecular weight is 170 g/mol. The smallest absolute Gasteiger partial charge is 0.0948 e. The Hall–Kier alpha value is -0.960. The fraction of sp³-hybridized carbons (Fsp3) is 0.556. The molecule has 0 heterocycles. The van der Waals surface area contributed by atoms with Crippen molar-refractivity contribution >= 4 is 0 Å². The van der Waals surface area contributed by atoms with Crippen LogP contribution < -0.4 is 11.5 Å². The average Bonchev–Trinajstić information content (AvgIpc) is 2.05. The molecule has 0 bridgehead atoms. The van der Waals surface area contributed by atoms with E-state index in [9.17, 15) is 0 Å². The van der Waals surface area contributed by atoms with Gasteiger partial charge in [0.15, 0.2) is 0 Å². The van der Waals surface area contributed by atoms with Crippen LogP contribution in [0.15, 0.2) is 24.0 Å². The molecule has 0 aromatic heterocycles. The molecule has 1 unspecified atom stereocenters. The van der Waals surface area contributed by atoms with Crippen molar-refractivity contribution in [1.82, 2.24) is 0 Å². The van der Waals surface area contributed by atoms with Crippen LogP contribution in [0.1, 0.15) is 20.3 Å². The van der Waals surface area contributed by atoms with Gasteiger partial charge in [0.25, 0.3) is 0 Å². The van der Waals surface area contributed by atoms with E-state index in [1.54, 1.807) is 6.08 Å². The summed E-state index contributed by atoms with van der Waals surface area (Å²) in [6, 6.07) is 0. The molecule has 0 rings (SSSR count). The second-order valence-corrected chi connectivity index (χ2v) is 2.66. The second kappa shape index (κ2) is 5.66. The van der Waals surface area contributed by atoms with Crippen molar-refractivity contribution in [2.45, 2.75) is 26.4 Å². The van der Waals surface area contributed by atoms with Crippen LogP contribution in [0.3, 0.4) is 0 Å². The van der Waals surface area contributed by atoms with Crippen molar-refractivity contribution in [3.05, 3.63) is 24.0 Å². The van der Waals surface area contributed by atoms with Crippen molar-refractivity contribution in [2.75, 3.05) is 6.61 Å². The maximum Gasteiger partial charge on any atom is 0.0948 e. The quantitative estimate of drug-likeness (QED) is 0.608. The summed E-state index contributed by atoms with van der Waals surface area (Å²) < 4.78 is 5.43. The van der Waals surface area contributed by atoms with Crippen LogP contribution in [0.5, 0.6) is 0 Å². The topological polar surface area (TPSA) is 61.3 Å². The molecule has 0 aliphatic rings. The lowest BCUT2D eigenvalue weighted by atomic mass is 10.1. The first-order chi connectivity index (χ1) is 5.63. The second-order valence-electron chi connectivity index (χ2n) is 2.66. The van der Waals surface area contributed by atoms with E-state index >= 15 is 0 Å². The molecule has 0 saturated carbocycles. The van der Waals surface area contributed by atoms with Crippen LogP contribution in [-0.2, 0) is 4.74 Å². The summed E-state index contributed by atoms with van der Waals surface area (Å²) in [4.78, 5) is 0. The number of nitrogens with two attached hydrogens (primary N) is 2. The van der Waals surface area contributed by atoms with Gasteiger partial charge >= 0.3 is 0 Å². The zero-order valence-corrected chi connectivity index (χ0v) is 7.84. The Morgan fingerprint density at radius 2 is 2.17 bits per heavy atom. The van der Waals surface area contributed by atoms with Crippen molar-refractivity contribution in [2.24, 2.45) is 11.5 Å². The van der Waals surface area contributed by atoms with E-state index in [0.717, 1.165) is 12.0 Å². The molecular formula is C9H18N2O. The van der Waals surface area contributed by atoms with Gasteiger partial charge in [0.05, 0.1) is 18.5 Å². The van der Waals surface area contributed by atoms with Crippen LogP contribution in [0.25, 0.3) is 0 Å². The molecule has 12 heavy (non-hydrogen) atoms. The Kier molecular flexibility index (Phi) is 5.21. The SMILES string of the molecule is C=CCOC(CC)C(C)=C(N)N. The summed E-state index contributed by atoms with van der Waals surface area (Å²) >= 11 is 0. The molecular weight excluding hydrogens is 152 g/mol. The highest BCUT2D eigenvalue weighted by Crippen LogP contribution is 2.10. The van der Waals surface area contributed by atoms with Crippen molar-refractivity contribution in [1.29, 1.82) is 0 Å². The number of ether oxygens (including phenoxy) is 1. The predicted molar refractivity (Wildman–Crippen MR) is 51.3 cm³/mol. The summed E-state index contributed by atoms with van der Waals surface area (Å²) in [5.41, 5.74) is 11.8. The molecule has 0 spiro atoms. The van der Waals surface area contributed by atoms with Gasteiger partial charge in [-0.25, -0.2) is 0 Å². The van der Waals surface area contributed by atoms with Crippen molar-refractivity contribution in [3.8, 4) is 0 Å². The van der Waals surface area contributed by atoms with E-state index in [1.165, 1.54) is 0 Å². The fourth-order valence-electron chi connectivity index (χ4n) is 0.919. The highest BCUT2D eigenvalue weighted by molar-refractivity contribution is 5.10. The first-order valence-electron chi connectivity index (χ1n) is 4.07. The molecule has 0 saturated heterocycles. The fourth-order valence-corrected chi connectivity index (χ4v) is 0.919. The molecule has 0 radical (unpaired) electrons. The summed E-state index contributed by atoms with van der Waals surface area (Å²) in [5, 5.41) is 0. The molecule has 1 atom stereocenters. The van der Waals surface area contributed by atoms with Gasteiger partial charge in [-0.3, -0.25) is 0 Å². The molecule has 3 nitrogen and oxygen atoms in total. The van der Waals surface area contributed by atoms with Crippen LogP contribution in [0.2, 0.25) is 0 Å². The lowest BCUT2D eigenvalue weighted by Crippen LogP contribution is -2.21. The molecule has 0 aromatic carbocycles. The third-order valence-electron chi connectivity index (χ3n) is 1.72. The normalized spacial score (nSPS) is 12.2. The van der Waals surface area contributed by atoms with E-state index < -0.39 is 0 Å². The van der Waals surface area contributed by atoms with Crippen LogP contribution in [0, 0.1) is 0 Å². The summed E-state index contributed by atoms with van der Waals surface area (Å²) in [7, 11) is 0. The third kappa shape index (κ3) is 3.44. The summed E-state index contributed by atoms with van der Waals surface area (Å²) in [5.74, 6) is 0.353. The van der Waals surface area contributed by atoms with E-state index in [0.29, 0.717) is 12.4 Å². The van der Waals surface area contributed by atoms with Gasteiger partial charge in [-0.1, -0.05) is 13.0 Å². The Morgan fingerprint density at radius 3 is 2.50 bits per heavy atom. The summed E-state index contributed by atoms with van der Waals surface area (Å²) in [6.45, 7) is 8.01. The molecule has 70 valence electrons. The van der Waals surface area contributed by atoms with Crippen LogP contribution in [0.4, 0.5) is 0 Å². The van der Waals surface area contributed by atoms with Gasteiger partial charge in [-0.15, -0.1) is 6.58 Å². The lowest BCUT2D eigenvalue weighted by Gasteiger charge is -2.16. The minimum atomic E-state index is 0.0213. The standard InChI is InChI=1S/C9H18N2O/c1-4-6-12-8(5-2)7(3)9(10)11/h4,8H,1,5-6,10-11H2,2-3H3. The summed E-state index contributed by atoms with van der Waals surface area (Å²) in [6.07, 6.45) is 2.60. The molecule has 4 N–H and O–H groups in total. The maximum atomic E-state index is 5.44. The molecule has 0 fully saturated rings. The third-order valence-corrected chi connectivity index (χ3v) is 1.72. The van der Waals surface area contributed by atoms with Gasteiger partial charge in [0, 0.05) is 0 Å². The molecule has 0 aliphatic carbocycles. The number of hydrogen-bond donors (Lipinski definition) is 2. The molecule has 0 amide bonds. The Labute approximate surface area is 74.1 Å². The van der Waals surface area contributed by atoms with Crippen LogP contribution >= 0.6 is 0 Å². The van der Waals surface area contributed by atoms with Gasteiger partial charge in [-0.05, 0) is 18.9 Å². The van der Waals surface area contributed by atoms with Gasteiger partial charge in [0.2, 0.25) is 0 Å². The minimum absolute atomic E-state index is 0.0213. The number of hydrogen-bond acceptors (Lipinski definition) is 3. The monoisotopic (exact) mass is 170 g/mol. The number of rotatable bonds is 5. The first-order valence-corrected chi connectivity index (χ1v) is 4.07. The Bertz CT molecular complexity index is 171. The predicted octanol–water partition coefficient (Wildman–Crippen LogP) is 1.12. The Morgan fingerprint density at radius 1 is 1.58 bits per heavy atom. The molecule has 0 aromatic rings. The largest absolute Gasteiger partial charge is 0.386 e. The lowest BCUT2D eigenvalue weighted by molar-refractivity contribution is 0.0971. The minimum Gasteiger partial charge on any atom is -0.386 e. The van der Waals surface area contributed by atoms with E-state index in [2.05, 4.69) is 6.58 Å². The van der Waals surface area contributed by atoms with Crippen molar-refractivity contribution in [3.63, 3.8) is 0 Å².